The van der Waals surface area contributed by atoms with Crippen LogP contribution in [0.25, 0.3) is 10.9 Å². The molecular formula is C17H22N2. The molecule has 2 aliphatic rings. The normalized spacial score (nSPS) is 25.5. The van der Waals surface area contributed by atoms with Crippen molar-refractivity contribution >= 4 is 10.9 Å². The van der Waals surface area contributed by atoms with Gasteiger partial charge in [0.2, 0.25) is 0 Å². The van der Waals surface area contributed by atoms with Crippen LogP contribution in [0.2, 0.25) is 0 Å². The first-order chi connectivity index (χ1) is 9.36. The Kier molecular flexibility index (Phi) is 2.66. The molecule has 0 radical (unpaired) electrons. The molecule has 2 heteroatoms. The summed E-state index contributed by atoms with van der Waals surface area (Å²) >= 11 is 0. The van der Waals surface area contributed by atoms with E-state index in [0.717, 1.165) is 12.0 Å². The first kappa shape index (κ1) is 11.5. The molecule has 2 heterocycles. The van der Waals surface area contributed by atoms with Gasteiger partial charge in [0, 0.05) is 24.2 Å². The molecular weight excluding hydrogens is 232 g/mol. The molecule has 1 aliphatic heterocycles. The molecule has 4 rings (SSSR count). The quantitative estimate of drug-likeness (QED) is 0.890. The van der Waals surface area contributed by atoms with E-state index < -0.39 is 0 Å². The summed E-state index contributed by atoms with van der Waals surface area (Å²) in [4.78, 5) is 0. The molecule has 2 aromatic rings. The lowest BCUT2D eigenvalue weighted by Crippen LogP contribution is -2.30. The second-order valence-corrected chi connectivity index (χ2v) is 6.20. The van der Waals surface area contributed by atoms with Crippen LogP contribution in [-0.4, -0.2) is 17.7 Å². The summed E-state index contributed by atoms with van der Waals surface area (Å²) < 4.78 is 2.48. The minimum Gasteiger partial charge on any atom is -0.347 e. The summed E-state index contributed by atoms with van der Waals surface area (Å²) in [7, 11) is 2.12. The lowest BCUT2D eigenvalue weighted by atomic mass is 9.94. The van der Waals surface area contributed by atoms with Gasteiger partial charge in [-0.15, -0.1) is 0 Å². The predicted octanol–water partition coefficient (Wildman–Crippen LogP) is 3.13. The predicted molar refractivity (Wildman–Crippen MR) is 79.5 cm³/mol. The van der Waals surface area contributed by atoms with E-state index in [2.05, 4.69) is 41.3 Å². The Hall–Kier alpha value is -1.28. The molecule has 1 fully saturated rings. The number of nitrogens with one attached hydrogen (secondary N) is 1. The van der Waals surface area contributed by atoms with Crippen LogP contribution in [0.4, 0.5) is 0 Å². The van der Waals surface area contributed by atoms with Gasteiger partial charge in [-0.25, -0.2) is 0 Å². The van der Waals surface area contributed by atoms with Crippen LogP contribution < -0.4 is 5.32 Å². The van der Waals surface area contributed by atoms with Gasteiger partial charge >= 0.3 is 0 Å². The van der Waals surface area contributed by atoms with Crippen LogP contribution in [-0.2, 0) is 19.4 Å². The van der Waals surface area contributed by atoms with Gasteiger partial charge in [-0.05, 0) is 49.8 Å². The van der Waals surface area contributed by atoms with E-state index in [1.165, 1.54) is 49.6 Å². The fourth-order valence-corrected chi connectivity index (χ4v) is 4.24. The van der Waals surface area contributed by atoms with E-state index >= 15 is 0 Å². The highest BCUT2D eigenvalue weighted by atomic mass is 15.0. The van der Waals surface area contributed by atoms with Crippen LogP contribution in [0.15, 0.2) is 24.4 Å². The van der Waals surface area contributed by atoms with Crippen LogP contribution in [0.3, 0.4) is 0 Å². The summed E-state index contributed by atoms with van der Waals surface area (Å²) in [6.45, 7) is 1.18. The van der Waals surface area contributed by atoms with Crippen LogP contribution in [0.5, 0.6) is 0 Å². The topological polar surface area (TPSA) is 17.0 Å². The number of aromatic nitrogens is 1. The molecule has 1 saturated carbocycles. The number of nitrogens with zero attached hydrogens (tertiary/aromatic N) is 1. The van der Waals surface area contributed by atoms with Gasteiger partial charge in [0.1, 0.15) is 0 Å². The van der Waals surface area contributed by atoms with Crippen molar-refractivity contribution in [1.29, 1.82) is 0 Å². The Labute approximate surface area is 114 Å². The van der Waals surface area contributed by atoms with E-state index in [9.17, 15) is 0 Å². The van der Waals surface area contributed by atoms with Gasteiger partial charge in [-0.3, -0.25) is 0 Å². The summed E-state index contributed by atoms with van der Waals surface area (Å²) in [5.74, 6) is 0.826. The highest BCUT2D eigenvalue weighted by molar-refractivity contribution is 5.88. The second-order valence-electron chi connectivity index (χ2n) is 6.20. The molecule has 1 aliphatic carbocycles. The highest BCUT2D eigenvalue weighted by Crippen LogP contribution is 2.34. The van der Waals surface area contributed by atoms with Gasteiger partial charge in [0.25, 0.3) is 0 Å². The lowest BCUT2D eigenvalue weighted by molar-refractivity contribution is 0.424. The number of hydrogen-bond donors (Lipinski definition) is 1. The first-order valence-corrected chi connectivity index (χ1v) is 7.63. The lowest BCUT2D eigenvalue weighted by Gasteiger charge is -2.18. The van der Waals surface area contributed by atoms with Crippen molar-refractivity contribution in [2.45, 2.75) is 44.7 Å². The fourth-order valence-electron chi connectivity index (χ4n) is 4.24. The first-order valence-electron chi connectivity index (χ1n) is 7.63. The summed E-state index contributed by atoms with van der Waals surface area (Å²) in [5, 5.41) is 5.02. The standard InChI is InChI=1S/C17H22N2/c1-18-16-7-3-5-13(16)10-14-11-19-9-8-12-4-2-6-15(14)17(12)19/h2,4,6,11,13,16,18H,3,5,7-10H2,1H3. The van der Waals surface area contributed by atoms with Gasteiger partial charge in [0.05, 0.1) is 5.52 Å². The molecule has 1 aromatic heterocycles. The monoisotopic (exact) mass is 254 g/mol. The Morgan fingerprint density at radius 2 is 2.26 bits per heavy atom. The van der Waals surface area contributed by atoms with Crippen LogP contribution in [0, 0.1) is 5.92 Å². The Bertz CT molecular complexity index is 611. The van der Waals surface area contributed by atoms with Crippen LogP contribution >= 0.6 is 0 Å². The summed E-state index contributed by atoms with van der Waals surface area (Å²) in [6, 6.07) is 7.58. The number of para-hydroxylation sites is 1. The Morgan fingerprint density at radius 1 is 1.32 bits per heavy atom. The van der Waals surface area contributed by atoms with Gasteiger partial charge in [-0.1, -0.05) is 24.6 Å². The average Bonchev–Trinajstić information content (AvgIpc) is 3.12. The Balaban J connectivity index is 1.71. The molecule has 100 valence electrons. The molecule has 0 bridgehead atoms. The van der Waals surface area contributed by atoms with E-state index in [-0.39, 0.29) is 0 Å². The SMILES string of the molecule is CNC1CCCC1Cc1cn2c3c(cccc13)CC2. The molecule has 0 spiro atoms. The number of aryl methyl sites for hydroxylation is 2. The molecule has 2 atom stereocenters. The molecule has 1 aromatic carbocycles. The third-order valence-electron chi connectivity index (χ3n) is 5.20. The van der Waals surface area contributed by atoms with Crippen molar-refractivity contribution in [2.75, 3.05) is 7.05 Å². The van der Waals surface area contributed by atoms with E-state index in [1.807, 2.05) is 0 Å². The van der Waals surface area contributed by atoms with Gasteiger partial charge < -0.3 is 9.88 Å². The molecule has 1 N–H and O–H groups in total. The number of rotatable bonds is 3. The minimum atomic E-state index is 0.726. The van der Waals surface area contributed by atoms with Crippen molar-refractivity contribution in [3.8, 4) is 0 Å². The molecule has 2 nitrogen and oxygen atoms in total. The average molecular weight is 254 g/mol. The zero-order valence-corrected chi connectivity index (χ0v) is 11.7. The molecule has 0 amide bonds. The second kappa shape index (κ2) is 4.38. The molecule has 19 heavy (non-hydrogen) atoms. The van der Waals surface area contributed by atoms with Crippen molar-refractivity contribution in [3.05, 3.63) is 35.5 Å². The molecule has 0 saturated heterocycles. The van der Waals surface area contributed by atoms with Crippen molar-refractivity contribution < 1.29 is 0 Å². The highest BCUT2D eigenvalue weighted by Gasteiger charge is 2.27. The maximum Gasteiger partial charge on any atom is 0.0516 e. The maximum absolute atomic E-state index is 3.51. The van der Waals surface area contributed by atoms with Gasteiger partial charge in [0.15, 0.2) is 0 Å². The largest absolute Gasteiger partial charge is 0.347 e. The Morgan fingerprint density at radius 3 is 3.16 bits per heavy atom. The van der Waals surface area contributed by atoms with Crippen molar-refractivity contribution in [2.24, 2.45) is 5.92 Å². The smallest absolute Gasteiger partial charge is 0.0516 e. The number of benzene rings is 1. The third kappa shape index (κ3) is 1.73. The number of hydrogen-bond acceptors (Lipinski definition) is 1. The van der Waals surface area contributed by atoms with Crippen molar-refractivity contribution in [3.63, 3.8) is 0 Å². The maximum atomic E-state index is 3.51. The van der Waals surface area contributed by atoms with E-state index in [0.29, 0.717) is 0 Å². The summed E-state index contributed by atoms with van der Waals surface area (Å²) in [6.07, 6.45) is 9.02. The van der Waals surface area contributed by atoms with Crippen LogP contribution in [0.1, 0.15) is 30.4 Å². The molecule has 2 unspecified atom stereocenters. The fraction of sp³-hybridized carbons (Fsp3) is 0.529. The summed E-state index contributed by atoms with van der Waals surface area (Å²) in [5.41, 5.74) is 4.63. The van der Waals surface area contributed by atoms with Crippen molar-refractivity contribution in [1.82, 2.24) is 9.88 Å². The van der Waals surface area contributed by atoms with E-state index in [4.69, 9.17) is 0 Å². The minimum absolute atomic E-state index is 0.726. The third-order valence-corrected chi connectivity index (χ3v) is 5.20. The zero-order valence-electron chi connectivity index (χ0n) is 11.7. The zero-order chi connectivity index (χ0) is 12.8. The van der Waals surface area contributed by atoms with Gasteiger partial charge in [-0.2, -0.15) is 0 Å². The van der Waals surface area contributed by atoms with E-state index in [1.54, 1.807) is 11.1 Å².